The molecule has 3 aromatic rings. The van der Waals surface area contributed by atoms with Gasteiger partial charge in [0.05, 0.1) is 10.4 Å². The molecular formula is C20H21ClN2OS. The van der Waals surface area contributed by atoms with Crippen molar-refractivity contribution < 1.29 is 4.79 Å². The van der Waals surface area contributed by atoms with Crippen LogP contribution >= 0.6 is 22.9 Å². The van der Waals surface area contributed by atoms with Crippen molar-refractivity contribution >= 4 is 49.8 Å². The lowest BCUT2D eigenvalue weighted by molar-refractivity contribution is 0.0914. The first-order valence-electron chi connectivity index (χ1n) is 8.83. The summed E-state index contributed by atoms with van der Waals surface area (Å²) in [5, 5.41) is 5.63. The molecule has 1 N–H and O–H groups in total. The molecule has 5 heteroatoms. The average Bonchev–Trinajstić information content (AvgIpc) is 3.04. The molecule has 1 aliphatic carbocycles. The number of fused-ring (bicyclic) bond motifs is 3. The van der Waals surface area contributed by atoms with Gasteiger partial charge in [-0.05, 0) is 43.9 Å². The number of thiophene rings is 1. The lowest BCUT2D eigenvalue weighted by atomic mass is 9.86. The first-order chi connectivity index (χ1) is 12.0. The largest absolute Gasteiger partial charge is 0.348 e. The fourth-order valence-electron chi connectivity index (χ4n) is 3.72. The molecule has 2 atom stereocenters. The number of amides is 1. The number of hydrogen-bond acceptors (Lipinski definition) is 3. The average molecular weight is 373 g/mol. The molecule has 0 radical (unpaired) electrons. The molecule has 0 saturated heterocycles. The Morgan fingerprint density at radius 2 is 2.04 bits per heavy atom. The van der Waals surface area contributed by atoms with Crippen LogP contribution in [-0.4, -0.2) is 16.9 Å². The second-order valence-corrected chi connectivity index (χ2v) is 8.53. The highest BCUT2D eigenvalue weighted by Crippen LogP contribution is 2.36. The maximum Gasteiger partial charge on any atom is 0.261 e. The number of aryl methyl sites for hydroxylation is 1. The second-order valence-electron chi connectivity index (χ2n) is 7.12. The molecule has 4 rings (SSSR count). The summed E-state index contributed by atoms with van der Waals surface area (Å²) < 4.78 is 1.04. The van der Waals surface area contributed by atoms with Crippen molar-refractivity contribution in [2.24, 2.45) is 5.92 Å². The van der Waals surface area contributed by atoms with Crippen molar-refractivity contribution in [2.45, 2.75) is 45.6 Å². The van der Waals surface area contributed by atoms with Crippen molar-refractivity contribution in [1.82, 2.24) is 10.3 Å². The normalized spacial score (nSPS) is 20.9. The summed E-state index contributed by atoms with van der Waals surface area (Å²) in [6.07, 6.45) is 4.73. The van der Waals surface area contributed by atoms with E-state index < -0.39 is 0 Å². The lowest BCUT2D eigenvalue weighted by Gasteiger charge is -2.29. The molecule has 2 unspecified atom stereocenters. The Labute approximate surface area is 156 Å². The van der Waals surface area contributed by atoms with Crippen LogP contribution in [0.1, 0.15) is 47.8 Å². The molecule has 1 aliphatic rings. The van der Waals surface area contributed by atoms with Crippen LogP contribution in [-0.2, 0) is 0 Å². The molecule has 3 nitrogen and oxygen atoms in total. The number of halogens is 1. The van der Waals surface area contributed by atoms with E-state index in [1.165, 1.54) is 36.2 Å². The maximum atomic E-state index is 12.8. The third kappa shape index (κ3) is 3.13. The van der Waals surface area contributed by atoms with Gasteiger partial charge in [-0.3, -0.25) is 4.79 Å². The van der Waals surface area contributed by atoms with Crippen LogP contribution in [0.2, 0.25) is 5.15 Å². The molecule has 1 saturated carbocycles. The van der Waals surface area contributed by atoms with Crippen LogP contribution in [0.5, 0.6) is 0 Å². The summed E-state index contributed by atoms with van der Waals surface area (Å²) in [6.45, 7) is 4.29. The van der Waals surface area contributed by atoms with Crippen molar-refractivity contribution in [1.29, 1.82) is 0 Å². The Hall–Kier alpha value is -1.65. The summed E-state index contributed by atoms with van der Waals surface area (Å²) in [7, 11) is 0. The smallest absolute Gasteiger partial charge is 0.261 e. The van der Waals surface area contributed by atoms with Gasteiger partial charge in [0.25, 0.3) is 5.91 Å². The van der Waals surface area contributed by atoms with E-state index in [0.29, 0.717) is 15.9 Å². The molecule has 1 aromatic carbocycles. The number of rotatable bonds is 2. The minimum Gasteiger partial charge on any atom is -0.348 e. The van der Waals surface area contributed by atoms with Crippen LogP contribution < -0.4 is 5.32 Å². The lowest BCUT2D eigenvalue weighted by Crippen LogP contribution is -2.40. The van der Waals surface area contributed by atoms with Crippen molar-refractivity contribution in [3.63, 3.8) is 0 Å². The fraction of sp³-hybridized carbons (Fsp3) is 0.400. The highest BCUT2D eigenvalue weighted by Gasteiger charge is 2.24. The van der Waals surface area contributed by atoms with E-state index in [9.17, 15) is 4.79 Å². The third-order valence-electron chi connectivity index (χ3n) is 5.22. The number of nitrogens with zero attached hydrogens (tertiary/aromatic N) is 1. The Morgan fingerprint density at radius 1 is 1.24 bits per heavy atom. The van der Waals surface area contributed by atoms with Gasteiger partial charge in [0.1, 0.15) is 5.15 Å². The highest BCUT2D eigenvalue weighted by atomic mass is 35.5. The van der Waals surface area contributed by atoms with Gasteiger partial charge in [0.2, 0.25) is 0 Å². The Kier molecular flexibility index (Phi) is 4.42. The Balaban J connectivity index is 1.73. The zero-order valence-corrected chi connectivity index (χ0v) is 16.0. The van der Waals surface area contributed by atoms with Crippen LogP contribution in [0.3, 0.4) is 0 Å². The zero-order valence-electron chi connectivity index (χ0n) is 14.4. The van der Waals surface area contributed by atoms with Gasteiger partial charge in [-0.2, -0.15) is 0 Å². The predicted octanol–water partition coefficient (Wildman–Crippen LogP) is 5.72. The fourth-order valence-corrected chi connectivity index (χ4v) is 5.11. The summed E-state index contributed by atoms with van der Waals surface area (Å²) in [5.74, 6) is 0.553. The van der Waals surface area contributed by atoms with E-state index in [1.807, 2.05) is 18.2 Å². The molecule has 1 amide bonds. The van der Waals surface area contributed by atoms with E-state index in [4.69, 9.17) is 11.6 Å². The Bertz CT molecular complexity index is 965. The van der Waals surface area contributed by atoms with Gasteiger partial charge in [-0.1, -0.05) is 43.0 Å². The van der Waals surface area contributed by atoms with Gasteiger partial charge in [-0.25, -0.2) is 4.98 Å². The highest BCUT2D eigenvalue weighted by molar-refractivity contribution is 7.21. The Morgan fingerprint density at radius 3 is 2.84 bits per heavy atom. The standard InChI is InChI=1S/C20H21ClN2OS/c1-11-7-8-16-13(9-11)18-14(19(21)22-16)10-17(25-18)20(24)23-15-6-4-3-5-12(15)2/h7-10,12,15H,3-6H2,1-2H3,(H,23,24). The minimum absolute atomic E-state index is 0.0109. The van der Waals surface area contributed by atoms with Gasteiger partial charge in [0, 0.05) is 21.5 Å². The van der Waals surface area contributed by atoms with Crippen LogP contribution in [0.25, 0.3) is 21.0 Å². The number of carbonyl (C=O) groups is 1. The molecule has 1 fully saturated rings. The van der Waals surface area contributed by atoms with Gasteiger partial charge in [-0.15, -0.1) is 11.3 Å². The van der Waals surface area contributed by atoms with E-state index in [1.54, 1.807) is 0 Å². The predicted molar refractivity (Wildman–Crippen MR) is 106 cm³/mol. The summed E-state index contributed by atoms with van der Waals surface area (Å²) in [6, 6.07) is 8.30. The third-order valence-corrected chi connectivity index (χ3v) is 6.68. The number of pyridine rings is 1. The second kappa shape index (κ2) is 6.58. The topological polar surface area (TPSA) is 42.0 Å². The number of aromatic nitrogens is 1. The number of hydrogen-bond donors (Lipinski definition) is 1. The molecule has 2 heterocycles. The zero-order chi connectivity index (χ0) is 17.6. The number of nitrogens with one attached hydrogen (secondary N) is 1. The maximum absolute atomic E-state index is 12.8. The molecule has 0 bridgehead atoms. The van der Waals surface area contributed by atoms with E-state index in [2.05, 4.69) is 30.2 Å². The van der Waals surface area contributed by atoms with Crippen LogP contribution in [0.15, 0.2) is 24.3 Å². The van der Waals surface area contributed by atoms with Gasteiger partial charge < -0.3 is 5.32 Å². The summed E-state index contributed by atoms with van der Waals surface area (Å²) in [4.78, 5) is 18.0. The molecule has 0 aliphatic heterocycles. The molecule has 25 heavy (non-hydrogen) atoms. The summed E-state index contributed by atoms with van der Waals surface area (Å²) in [5.41, 5.74) is 2.05. The number of benzene rings is 1. The van der Waals surface area contributed by atoms with Crippen molar-refractivity contribution in [3.8, 4) is 0 Å². The summed E-state index contributed by atoms with van der Waals surface area (Å²) >= 11 is 7.88. The SMILES string of the molecule is Cc1ccc2nc(Cl)c3cc(C(=O)NC4CCCCC4C)sc3c2c1. The van der Waals surface area contributed by atoms with Crippen molar-refractivity contribution in [2.75, 3.05) is 0 Å². The number of carbonyl (C=O) groups excluding carboxylic acids is 1. The monoisotopic (exact) mass is 372 g/mol. The van der Waals surface area contributed by atoms with Crippen LogP contribution in [0, 0.1) is 12.8 Å². The van der Waals surface area contributed by atoms with Crippen LogP contribution in [0.4, 0.5) is 0 Å². The molecule has 130 valence electrons. The molecule has 0 spiro atoms. The first kappa shape index (κ1) is 16.8. The quantitative estimate of drug-likeness (QED) is 0.584. The molecular weight excluding hydrogens is 352 g/mol. The van der Waals surface area contributed by atoms with Gasteiger partial charge in [0.15, 0.2) is 0 Å². The van der Waals surface area contributed by atoms with E-state index >= 15 is 0 Å². The van der Waals surface area contributed by atoms with E-state index in [-0.39, 0.29) is 11.9 Å². The van der Waals surface area contributed by atoms with E-state index in [0.717, 1.165) is 27.4 Å². The van der Waals surface area contributed by atoms with Gasteiger partial charge >= 0.3 is 0 Å². The first-order valence-corrected chi connectivity index (χ1v) is 10.0. The molecule has 2 aromatic heterocycles. The minimum atomic E-state index is 0.0109. The van der Waals surface area contributed by atoms with Crippen molar-refractivity contribution in [3.05, 3.63) is 39.9 Å².